The van der Waals surface area contributed by atoms with Crippen molar-refractivity contribution in [1.29, 1.82) is 0 Å². The molecular weight excluding hydrogens is 300 g/mol. The fraction of sp³-hybridized carbons (Fsp3) is 0.684. The molecule has 3 rings (SSSR count). The molecule has 2 aliphatic rings. The number of fused-ring (bicyclic) bond motifs is 1. The van der Waals surface area contributed by atoms with Gasteiger partial charge >= 0.3 is 0 Å². The lowest BCUT2D eigenvalue weighted by Gasteiger charge is -2.32. The summed E-state index contributed by atoms with van der Waals surface area (Å²) in [6, 6.07) is 0. The lowest BCUT2D eigenvalue weighted by atomic mass is 9.83. The first-order chi connectivity index (χ1) is 11.4. The molecule has 24 heavy (non-hydrogen) atoms. The second-order valence-electron chi connectivity index (χ2n) is 8.13. The quantitative estimate of drug-likeness (QED) is 0.833. The number of aromatic nitrogens is 2. The topological polar surface area (TPSA) is 61.0 Å². The number of aromatic amines is 1. The number of hydrogen-bond donors (Lipinski definition) is 2. The molecule has 1 unspecified atom stereocenters. The highest BCUT2D eigenvalue weighted by molar-refractivity contribution is 5.79. The Morgan fingerprint density at radius 3 is 2.96 bits per heavy atom. The van der Waals surface area contributed by atoms with E-state index in [4.69, 9.17) is 0 Å². The van der Waals surface area contributed by atoms with Crippen LogP contribution in [-0.2, 0) is 17.6 Å². The molecule has 1 aromatic rings. The normalized spacial score (nSPS) is 22.0. The van der Waals surface area contributed by atoms with Crippen molar-refractivity contribution in [3.05, 3.63) is 29.1 Å². The molecule has 2 heterocycles. The number of H-pyrrole nitrogens is 1. The van der Waals surface area contributed by atoms with Crippen LogP contribution in [0.5, 0.6) is 0 Å². The molecule has 1 atom stereocenters. The van der Waals surface area contributed by atoms with Crippen LogP contribution in [0.1, 0.15) is 44.9 Å². The van der Waals surface area contributed by atoms with Crippen LogP contribution >= 0.6 is 0 Å². The molecule has 1 aliphatic heterocycles. The van der Waals surface area contributed by atoms with Crippen molar-refractivity contribution in [2.24, 2.45) is 11.3 Å². The fourth-order valence-corrected chi connectivity index (χ4v) is 3.71. The number of hydrogen-bond acceptors (Lipinski definition) is 3. The van der Waals surface area contributed by atoms with Crippen molar-refractivity contribution in [1.82, 2.24) is 20.4 Å². The van der Waals surface area contributed by atoms with Gasteiger partial charge in [-0.25, -0.2) is 0 Å². The van der Waals surface area contributed by atoms with Gasteiger partial charge < -0.3 is 5.32 Å². The number of carbonyl (C=O) groups excluding carboxylic acids is 1. The number of carbonyl (C=O) groups is 1. The molecule has 0 bridgehead atoms. The molecule has 2 N–H and O–H groups in total. The number of amides is 1. The predicted octanol–water partition coefficient (Wildman–Crippen LogP) is 2.31. The minimum Gasteiger partial charge on any atom is -0.355 e. The first-order valence-corrected chi connectivity index (χ1v) is 9.14. The van der Waals surface area contributed by atoms with E-state index in [0.717, 1.165) is 57.6 Å². The maximum atomic E-state index is 12.4. The number of rotatable bonds is 4. The van der Waals surface area contributed by atoms with Gasteiger partial charge in [0.2, 0.25) is 5.91 Å². The summed E-state index contributed by atoms with van der Waals surface area (Å²) in [5.74, 6) is 0.282. The van der Waals surface area contributed by atoms with E-state index in [0.29, 0.717) is 0 Å². The fourth-order valence-electron chi connectivity index (χ4n) is 3.71. The summed E-state index contributed by atoms with van der Waals surface area (Å²) in [7, 11) is 0. The van der Waals surface area contributed by atoms with Crippen molar-refractivity contribution in [2.45, 2.75) is 46.5 Å². The highest BCUT2D eigenvalue weighted by atomic mass is 16.1. The van der Waals surface area contributed by atoms with Crippen molar-refractivity contribution < 1.29 is 4.79 Å². The summed E-state index contributed by atoms with van der Waals surface area (Å²) in [5, 5.41) is 10.2. The largest absolute Gasteiger partial charge is 0.355 e. The maximum Gasteiger partial charge on any atom is 0.223 e. The third-order valence-electron chi connectivity index (χ3n) is 5.37. The van der Waals surface area contributed by atoms with Crippen LogP contribution in [0.2, 0.25) is 0 Å². The van der Waals surface area contributed by atoms with Crippen molar-refractivity contribution >= 4 is 5.91 Å². The standard InChI is InChI=1S/C19H30N4O/c1-19(2,3)16-6-9-23(10-7-16)11-8-20-18(24)14-4-5-15-13-21-22-17(15)12-14/h6,13-14H,4-5,7-12H2,1-3H3,(H,20,24)(H,21,22). The van der Waals surface area contributed by atoms with Crippen molar-refractivity contribution in [3.8, 4) is 0 Å². The summed E-state index contributed by atoms with van der Waals surface area (Å²) in [6.07, 6.45) is 8.08. The molecule has 0 saturated carbocycles. The van der Waals surface area contributed by atoms with E-state index in [1.165, 1.54) is 5.56 Å². The van der Waals surface area contributed by atoms with Crippen molar-refractivity contribution in [2.75, 3.05) is 26.2 Å². The summed E-state index contributed by atoms with van der Waals surface area (Å²) in [5.41, 5.74) is 4.25. The maximum absolute atomic E-state index is 12.4. The van der Waals surface area contributed by atoms with Gasteiger partial charge in [0.1, 0.15) is 0 Å². The Morgan fingerprint density at radius 1 is 1.42 bits per heavy atom. The Morgan fingerprint density at radius 2 is 2.25 bits per heavy atom. The van der Waals surface area contributed by atoms with Crippen LogP contribution in [0.25, 0.3) is 0 Å². The van der Waals surface area contributed by atoms with E-state index < -0.39 is 0 Å². The predicted molar refractivity (Wildman–Crippen MR) is 95.7 cm³/mol. The first kappa shape index (κ1) is 17.2. The van der Waals surface area contributed by atoms with Gasteiger partial charge in [0.15, 0.2) is 0 Å². The Balaban J connectivity index is 1.40. The van der Waals surface area contributed by atoms with Crippen LogP contribution < -0.4 is 5.32 Å². The van der Waals surface area contributed by atoms with E-state index in [1.807, 2.05) is 6.20 Å². The van der Waals surface area contributed by atoms with Crippen LogP contribution in [0.4, 0.5) is 0 Å². The third-order valence-corrected chi connectivity index (χ3v) is 5.37. The molecule has 0 radical (unpaired) electrons. The smallest absolute Gasteiger partial charge is 0.223 e. The summed E-state index contributed by atoms with van der Waals surface area (Å²) >= 11 is 0. The molecule has 0 spiro atoms. The second-order valence-corrected chi connectivity index (χ2v) is 8.13. The van der Waals surface area contributed by atoms with Crippen LogP contribution in [-0.4, -0.2) is 47.2 Å². The molecule has 5 heteroatoms. The lowest BCUT2D eigenvalue weighted by Crippen LogP contribution is -2.40. The SMILES string of the molecule is CC(C)(C)C1=CCN(CCNC(=O)C2CCc3cn[nH]c3C2)CC1. The van der Waals surface area contributed by atoms with Gasteiger partial charge in [-0.1, -0.05) is 32.4 Å². The zero-order valence-electron chi connectivity index (χ0n) is 15.2. The highest BCUT2D eigenvalue weighted by Crippen LogP contribution is 2.29. The van der Waals surface area contributed by atoms with E-state index in [2.05, 4.69) is 47.3 Å². The third kappa shape index (κ3) is 4.07. The number of aryl methyl sites for hydroxylation is 1. The second kappa shape index (κ2) is 7.09. The number of nitrogens with zero attached hydrogens (tertiary/aromatic N) is 2. The molecule has 1 amide bonds. The summed E-state index contributed by atoms with van der Waals surface area (Å²) < 4.78 is 0. The van der Waals surface area contributed by atoms with Gasteiger partial charge in [-0.15, -0.1) is 0 Å². The Labute approximate surface area is 144 Å². The average molecular weight is 330 g/mol. The van der Waals surface area contributed by atoms with Gasteiger partial charge in [-0.2, -0.15) is 5.10 Å². The molecule has 5 nitrogen and oxygen atoms in total. The highest BCUT2D eigenvalue weighted by Gasteiger charge is 2.26. The Bertz CT molecular complexity index is 611. The lowest BCUT2D eigenvalue weighted by molar-refractivity contribution is -0.125. The molecule has 0 saturated heterocycles. The first-order valence-electron chi connectivity index (χ1n) is 9.14. The summed E-state index contributed by atoms with van der Waals surface area (Å²) in [4.78, 5) is 14.8. The van der Waals surface area contributed by atoms with Gasteiger partial charge in [0.25, 0.3) is 0 Å². The van der Waals surface area contributed by atoms with Crippen LogP contribution in [0, 0.1) is 11.3 Å². The monoisotopic (exact) mass is 330 g/mol. The molecule has 1 aliphatic carbocycles. The van der Waals surface area contributed by atoms with Gasteiger partial charge in [-0.05, 0) is 30.2 Å². The average Bonchev–Trinajstić information content (AvgIpc) is 3.02. The van der Waals surface area contributed by atoms with E-state index in [9.17, 15) is 4.79 Å². The Kier molecular flexibility index (Phi) is 5.09. The van der Waals surface area contributed by atoms with E-state index >= 15 is 0 Å². The molecule has 0 fully saturated rings. The molecular formula is C19H30N4O. The van der Waals surface area contributed by atoms with Gasteiger partial charge in [0.05, 0.1) is 6.20 Å². The Hall–Kier alpha value is -1.62. The zero-order chi connectivity index (χ0) is 17.2. The van der Waals surface area contributed by atoms with E-state index in [-0.39, 0.29) is 17.2 Å². The van der Waals surface area contributed by atoms with Gasteiger partial charge in [-0.3, -0.25) is 14.8 Å². The zero-order valence-corrected chi connectivity index (χ0v) is 15.2. The minimum absolute atomic E-state index is 0.0895. The molecule has 0 aromatic carbocycles. The minimum atomic E-state index is 0.0895. The van der Waals surface area contributed by atoms with Crippen LogP contribution in [0.3, 0.4) is 0 Å². The molecule has 132 valence electrons. The number of nitrogens with one attached hydrogen (secondary N) is 2. The van der Waals surface area contributed by atoms with Crippen molar-refractivity contribution in [3.63, 3.8) is 0 Å². The molecule has 1 aromatic heterocycles. The summed E-state index contributed by atoms with van der Waals surface area (Å²) in [6.45, 7) is 10.6. The van der Waals surface area contributed by atoms with Crippen LogP contribution in [0.15, 0.2) is 17.8 Å². The van der Waals surface area contributed by atoms with E-state index in [1.54, 1.807) is 5.57 Å². The van der Waals surface area contributed by atoms with Gasteiger partial charge in [0, 0.05) is 44.2 Å².